The first-order chi connectivity index (χ1) is 10.4. The number of amides is 1. The molecule has 22 heavy (non-hydrogen) atoms. The van der Waals surface area contributed by atoms with Gasteiger partial charge < -0.3 is 15.0 Å². The Bertz CT molecular complexity index is 536. The Morgan fingerprint density at radius 1 is 1.36 bits per heavy atom. The molecule has 1 aromatic heterocycles. The van der Waals surface area contributed by atoms with E-state index in [0.29, 0.717) is 12.6 Å². The van der Waals surface area contributed by atoms with E-state index in [4.69, 9.17) is 4.74 Å². The van der Waals surface area contributed by atoms with E-state index < -0.39 is 5.60 Å². The lowest BCUT2D eigenvalue weighted by Gasteiger charge is -2.27. The Kier molecular flexibility index (Phi) is 4.08. The molecule has 0 saturated carbocycles. The number of nitrogens with zero attached hydrogens (tertiary/aromatic N) is 4. The molecule has 7 nitrogen and oxygen atoms in total. The third kappa shape index (κ3) is 3.40. The van der Waals surface area contributed by atoms with Gasteiger partial charge in [-0.25, -0.2) is 14.5 Å². The van der Waals surface area contributed by atoms with E-state index in [0.717, 1.165) is 38.2 Å². The molecule has 0 unspecified atom stereocenters. The third-order valence-corrected chi connectivity index (χ3v) is 4.10. The minimum Gasteiger partial charge on any atom is -0.444 e. The number of carbonyl (C=O) groups excluding carboxylic acids is 1. The molecule has 1 amide bonds. The van der Waals surface area contributed by atoms with Gasteiger partial charge in [-0.05, 0) is 40.0 Å². The predicted octanol–water partition coefficient (Wildman–Crippen LogP) is 1.71. The molecule has 0 aromatic carbocycles. The fourth-order valence-electron chi connectivity index (χ4n) is 3.12. The van der Waals surface area contributed by atoms with Gasteiger partial charge in [0, 0.05) is 25.7 Å². The second-order valence-corrected chi connectivity index (χ2v) is 7.11. The van der Waals surface area contributed by atoms with E-state index in [1.807, 2.05) is 25.5 Å². The van der Waals surface area contributed by atoms with E-state index in [1.165, 1.54) is 0 Å². The van der Waals surface area contributed by atoms with Crippen LogP contribution in [-0.4, -0.2) is 50.5 Å². The molecule has 1 fully saturated rings. The summed E-state index contributed by atoms with van der Waals surface area (Å²) >= 11 is 0. The lowest BCUT2D eigenvalue weighted by Crippen LogP contribution is -2.40. The minimum absolute atomic E-state index is 0.219. The molecule has 2 aliphatic rings. The van der Waals surface area contributed by atoms with Gasteiger partial charge in [0.15, 0.2) is 0 Å². The Balaban J connectivity index is 1.55. The van der Waals surface area contributed by atoms with Crippen molar-refractivity contribution in [3.8, 4) is 0 Å². The molecular weight excluding hydrogens is 282 g/mol. The minimum atomic E-state index is -0.442. The Labute approximate surface area is 131 Å². The fraction of sp³-hybridized carbons (Fsp3) is 0.800. The van der Waals surface area contributed by atoms with E-state index in [1.54, 1.807) is 11.2 Å². The highest BCUT2D eigenvalue weighted by molar-refractivity contribution is 5.68. The number of rotatable bonds is 2. The summed E-state index contributed by atoms with van der Waals surface area (Å²) in [6, 6.07) is 0.528. The Hall–Kier alpha value is -1.63. The maximum atomic E-state index is 12.1. The quantitative estimate of drug-likeness (QED) is 0.900. The number of hydrogen-bond donors (Lipinski definition) is 1. The number of carbonyl (C=O) groups is 1. The van der Waals surface area contributed by atoms with Crippen molar-refractivity contribution in [1.82, 2.24) is 25.0 Å². The predicted molar refractivity (Wildman–Crippen MR) is 81.3 cm³/mol. The summed E-state index contributed by atoms with van der Waals surface area (Å²) in [5.41, 5.74) is -0.442. The largest absolute Gasteiger partial charge is 0.444 e. The number of likely N-dealkylation sites (tertiary alicyclic amines) is 1. The molecule has 7 heteroatoms. The number of aromatic nitrogens is 3. The van der Waals surface area contributed by atoms with E-state index >= 15 is 0 Å². The van der Waals surface area contributed by atoms with Gasteiger partial charge in [-0.15, -0.1) is 0 Å². The van der Waals surface area contributed by atoms with Crippen LogP contribution in [0.15, 0.2) is 6.33 Å². The molecule has 3 rings (SSSR count). The molecule has 1 saturated heterocycles. The maximum Gasteiger partial charge on any atom is 0.410 e. The van der Waals surface area contributed by atoms with Gasteiger partial charge in [-0.2, -0.15) is 5.10 Å². The van der Waals surface area contributed by atoms with Gasteiger partial charge >= 0.3 is 6.09 Å². The SMILES string of the molecule is CC(C)(C)OC(=O)N1CC[C@@H](N[C@@H]2CCCn3ncnc32)C1. The molecule has 0 bridgehead atoms. The van der Waals surface area contributed by atoms with Crippen molar-refractivity contribution in [2.24, 2.45) is 0 Å². The highest BCUT2D eigenvalue weighted by Crippen LogP contribution is 2.24. The van der Waals surface area contributed by atoms with Crippen LogP contribution in [0, 0.1) is 0 Å². The van der Waals surface area contributed by atoms with Gasteiger partial charge in [0.05, 0.1) is 6.04 Å². The summed E-state index contributed by atoms with van der Waals surface area (Å²) in [5, 5.41) is 7.88. The maximum absolute atomic E-state index is 12.1. The van der Waals surface area contributed by atoms with Crippen LogP contribution in [-0.2, 0) is 11.3 Å². The average molecular weight is 307 g/mol. The zero-order valence-electron chi connectivity index (χ0n) is 13.6. The van der Waals surface area contributed by atoms with Gasteiger partial charge in [0.2, 0.25) is 0 Å². The van der Waals surface area contributed by atoms with Crippen molar-refractivity contribution in [2.75, 3.05) is 13.1 Å². The first-order valence-electron chi connectivity index (χ1n) is 8.04. The summed E-state index contributed by atoms with van der Waals surface area (Å²) < 4.78 is 7.41. The molecule has 2 atom stereocenters. The molecule has 1 N–H and O–H groups in total. The first-order valence-corrected chi connectivity index (χ1v) is 8.04. The molecule has 2 aliphatic heterocycles. The van der Waals surface area contributed by atoms with Crippen LogP contribution in [0.3, 0.4) is 0 Å². The second kappa shape index (κ2) is 5.87. The summed E-state index contributed by atoms with van der Waals surface area (Å²) in [7, 11) is 0. The molecule has 3 heterocycles. The fourth-order valence-corrected chi connectivity index (χ4v) is 3.12. The van der Waals surface area contributed by atoms with Gasteiger partial charge in [-0.3, -0.25) is 0 Å². The van der Waals surface area contributed by atoms with Crippen molar-refractivity contribution in [1.29, 1.82) is 0 Å². The van der Waals surface area contributed by atoms with Gasteiger partial charge in [0.1, 0.15) is 17.8 Å². The highest BCUT2D eigenvalue weighted by Gasteiger charge is 2.32. The van der Waals surface area contributed by atoms with E-state index in [-0.39, 0.29) is 12.1 Å². The number of ether oxygens (including phenoxy) is 1. The summed E-state index contributed by atoms with van der Waals surface area (Å²) in [5.74, 6) is 1.02. The lowest BCUT2D eigenvalue weighted by atomic mass is 10.1. The number of hydrogen-bond acceptors (Lipinski definition) is 5. The third-order valence-electron chi connectivity index (χ3n) is 4.10. The standard InChI is InChI=1S/C15H25N5O2/c1-15(2,3)22-14(21)19-8-6-11(9-19)18-12-5-4-7-20-13(12)16-10-17-20/h10-12,18H,4-9H2,1-3H3/t11-,12-/m1/s1. The van der Waals surface area contributed by atoms with Gasteiger partial charge in [-0.1, -0.05) is 0 Å². The van der Waals surface area contributed by atoms with Crippen LogP contribution < -0.4 is 5.32 Å². The summed E-state index contributed by atoms with van der Waals surface area (Å²) in [6.07, 6.45) is 4.53. The van der Waals surface area contributed by atoms with Crippen molar-refractivity contribution < 1.29 is 9.53 Å². The van der Waals surface area contributed by atoms with Crippen molar-refractivity contribution in [3.05, 3.63) is 12.2 Å². The van der Waals surface area contributed by atoms with Crippen LogP contribution in [0.25, 0.3) is 0 Å². The van der Waals surface area contributed by atoms with E-state index in [2.05, 4.69) is 15.4 Å². The van der Waals surface area contributed by atoms with Crippen molar-refractivity contribution in [2.45, 2.75) is 64.3 Å². The van der Waals surface area contributed by atoms with Crippen molar-refractivity contribution >= 4 is 6.09 Å². The van der Waals surface area contributed by atoms with Crippen LogP contribution in [0.5, 0.6) is 0 Å². The zero-order chi connectivity index (χ0) is 15.7. The number of fused-ring (bicyclic) bond motifs is 1. The molecule has 0 aliphatic carbocycles. The van der Waals surface area contributed by atoms with Crippen LogP contribution in [0.4, 0.5) is 4.79 Å². The monoisotopic (exact) mass is 307 g/mol. The molecular formula is C15H25N5O2. The molecule has 0 spiro atoms. The molecule has 122 valence electrons. The highest BCUT2D eigenvalue weighted by atomic mass is 16.6. The van der Waals surface area contributed by atoms with Gasteiger partial charge in [0.25, 0.3) is 0 Å². The molecule has 1 aromatic rings. The number of aryl methyl sites for hydroxylation is 1. The second-order valence-electron chi connectivity index (χ2n) is 7.11. The average Bonchev–Trinajstić information content (AvgIpc) is 3.05. The normalized spacial score (nSPS) is 25.1. The van der Waals surface area contributed by atoms with Crippen LogP contribution in [0.2, 0.25) is 0 Å². The number of nitrogens with one attached hydrogen (secondary N) is 1. The first kappa shape index (κ1) is 15.3. The lowest BCUT2D eigenvalue weighted by molar-refractivity contribution is 0.0290. The Morgan fingerprint density at radius 3 is 2.95 bits per heavy atom. The smallest absolute Gasteiger partial charge is 0.410 e. The van der Waals surface area contributed by atoms with Crippen LogP contribution >= 0.6 is 0 Å². The Morgan fingerprint density at radius 2 is 2.18 bits per heavy atom. The summed E-state index contributed by atoms with van der Waals surface area (Å²) in [6.45, 7) is 8.07. The van der Waals surface area contributed by atoms with Crippen LogP contribution in [0.1, 0.15) is 51.9 Å². The van der Waals surface area contributed by atoms with Crippen molar-refractivity contribution in [3.63, 3.8) is 0 Å². The molecule has 0 radical (unpaired) electrons. The van der Waals surface area contributed by atoms with E-state index in [9.17, 15) is 4.79 Å². The summed E-state index contributed by atoms with van der Waals surface area (Å²) in [4.78, 5) is 18.3. The topological polar surface area (TPSA) is 72.3 Å². The zero-order valence-corrected chi connectivity index (χ0v) is 13.6.